The van der Waals surface area contributed by atoms with Gasteiger partial charge in [-0.1, -0.05) is 31.9 Å². The molecule has 3 rings (SSSR count). The van der Waals surface area contributed by atoms with Crippen molar-refractivity contribution in [2.45, 2.75) is 12.5 Å². The zero-order valence-corrected chi connectivity index (χ0v) is 14.6. The molecule has 1 N–H and O–H groups in total. The topological polar surface area (TPSA) is 38.3 Å². The van der Waals surface area contributed by atoms with E-state index in [9.17, 15) is 9.18 Å². The molecule has 0 bridgehead atoms. The summed E-state index contributed by atoms with van der Waals surface area (Å²) in [6.07, 6.45) is 0.672. The zero-order chi connectivity index (χ0) is 15.7. The van der Waals surface area contributed by atoms with Crippen LogP contribution in [-0.2, 0) is 0 Å². The van der Waals surface area contributed by atoms with Gasteiger partial charge in [0.15, 0.2) is 0 Å². The van der Waals surface area contributed by atoms with E-state index in [0.717, 1.165) is 15.8 Å². The molecule has 0 spiro atoms. The first-order valence-corrected chi connectivity index (χ1v) is 8.31. The molecule has 2 aromatic carbocycles. The van der Waals surface area contributed by atoms with Crippen molar-refractivity contribution in [3.05, 3.63) is 62.3 Å². The van der Waals surface area contributed by atoms with Gasteiger partial charge in [-0.3, -0.25) is 4.79 Å². The predicted octanol–water partition coefficient (Wildman–Crippen LogP) is 4.60. The fourth-order valence-corrected chi connectivity index (χ4v) is 3.29. The highest BCUT2D eigenvalue weighted by atomic mass is 79.9. The summed E-state index contributed by atoms with van der Waals surface area (Å²) in [4.78, 5) is 12.4. The fourth-order valence-electron chi connectivity index (χ4n) is 2.44. The van der Waals surface area contributed by atoms with Gasteiger partial charge in [-0.05, 0) is 36.4 Å². The van der Waals surface area contributed by atoms with Crippen LogP contribution in [0.1, 0.15) is 28.4 Å². The standard InChI is InChI=1S/C16H12Br2FNO2/c17-10-1-2-15-13(8-10)14(3-4-22-15)20-16(21)9-5-11(18)7-12(19)6-9/h1-2,5-8,14H,3-4H2,(H,20,21). The molecule has 0 aromatic heterocycles. The van der Waals surface area contributed by atoms with Crippen LogP contribution >= 0.6 is 31.9 Å². The van der Waals surface area contributed by atoms with Gasteiger partial charge in [0.2, 0.25) is 0 Å². The Morgan fingerprint density at radius 2 is 2.00 bits per heavy atom. The summed E-state index contributed by atoms with van der Waals surface area (Å²) in [6.45, 7) is 0.534. The second-order valence-corrected chi connectivity index (χ2v) is 6.83. The summed E-state index contributed by atoms with van der Waals surface area (Å²) in [6, 6.07) is 9.68. The Bertz CT molecular complexity index is 716. The van der Waals surface area contributed by atoms with Crippen LogP contribution in [0, 0.1) is 5.82 Å². The molecule has 0 saturated heterocycles. The second kappa shape index (κ2) is 6.38. The molecular formula is C16H12Br2FNO2. The molecule has 22 heavy (non-hydrogen) atoms. The van der Waals surface area contributed by atoms with Crippen LogP contribution in [0.15, 0.2) is 45.3 Å². The Labute approximate surface area is 144 Å². The second-order valence-electron chi connectivity index (χ2n) is 5.00. The number of nitrogens with one attached hydrogen (secondary N) is 1. The summed E-state index contributed by atoms with van der Waals surface area (Å²) < 4.78 is 20.5. The number of hydrogen-bond acceptors (Lipinski definition) is 2. The van der Waals surface area contributed by atoms with Crippen LogP contribution in [0.5, 0.6) is 5.75 Å². The van der Waals surface area contributed by atoms with E-state index < -0.39 is 5.82 Å². The molecule has 1 unspecified atom stereocenters. The van der Waals surface area contributed by atoms with Crippen LogP contribution in [0.2, 0.25) is 0 Å². The van der Waals surface area contributed by atoms with Crippen molar-refractivity contribution in [2.75, 3.05) is 6.61 Å². The third-order valence-electron chi connectivity index (χ3n) is 3.44. The molecule has 1 aliphatic rings. The van der Waals surface area contributed by atoms with E-state index in [1.807, 2.05) is 18.2 Å². The van der Waals surface area contributed by atoms with Gasteiger partial charge in [-0.2, -0.15) is 0 Å². The predicted molar refractivity (Wildman–Crippen MR) is 88.6 cm³/mol. The maximum absolute atomic E-state index is 13.4. The first-order valence-electron chi connectivity index (χ1n) is 6.72. The highest BCUT2D eigenvalue weighted by molar-refractivity contribution is 9.10. The van der Waals surface area contributed by atoms with E-state index in [4.69, 9.17) is 4.74 Å². The van der Waals surface area contributed by atoms with Crippen LogP contribution in [0.4, 0.5) is 4.39 Å². The highest BCUT2D eigenvalue weighted by Gasteiger charge is 2.24. The van der Waals surface area contributed by atoms with Crippen molar-refractivity contribution in [3.8, 4) is 5.75 Å². The summed E-state index contributed by atoms with van der Waals surface area (Å²) in [5.74, 6) is 0.00726. The van der Waals surface area contributed by atoms with Gasteiger partial charge in [0.1, 0.15) is 11.6 Å². The maximum atomic E-state index is 13.4. The molecular weight excluding hydrogens is 417 g/mol. The number of ether oxygens (including phenoxy) is 1. The monoisotopic (exact) mass is 427 g/mol. The third kappa shape index (κ3) is 3.33. The Kier molecular flexibility index (Phi) is 4.49. The molecule has 3 nitrogen and oxygen atoms in total. The Hall–Kier alpha value is -1.40. The number of halogens is 3. The first-order chi connectivity index (χ1) is 10.5. The van der Waals surface area contributed by atoms with Crippen molar-refractivity contribution in [3.63, 3.8) is 0 Å². The Morgan fingerprint density at radius 1 is 1.18 bits per heavy atom. The molecule has 1 heterocycles. The number of fused-ring (bicyclic) bond motifs is 1. The van der Waals surface area contributed by atoms with Gasteiger partial charge in [0.05, 0.1) is 12.6 Å². The van der Waals surface area contributed by atoms with E-state index in [1.165, 1.54) is 12.1 Å². The number of amides is 1. The fraction of sp³-hybridized carbons (Fsp3) is 0.188. The lowest BCUT2D eigenvalue weighted by Crippen LogP contribution is -2.32. The van der Waals surface area contributed by atoms with Crippen molar-refractivity contribution >= 4 is 37.8 Å². The van der Waals surface area contributed by atoms with E-state index in [2.05, 4.69) is 37.2 Å². The van der Waals surface area contributed by atoms with Crippen molar-refractivity contribution < 1.29 is 13.9 Å². The Morgan fingerprint density at radius 3 is 2.77 bits per heavy atom. The van der Waals surface area contributed by atoms with Crippen LogP contribution in [0.25, 0.3) is 0 Å². The van der Waals surface area contributed by atoms with Gasteiger partial charge in [-0.15, -0.1) is 0 Å². The SMILES string of the molecule is O=C(NC1CCOc2ccc(Br)cc21)c1cc(F)cc(Br)c1. The average Bonchev–Trinajstić information content (AvgIpc) is 2.47. The minimum absolute atomic E-state index is 0.157. The number of rotatable bonds is 2. The quantitative estimate of drug-likeness (QED) is 0.758. The van der Waals surface area contributed by atoms with E-state index in [-0.39, 0.29) is 17.5 Å². The van der Waals surface area contributed by atoms with Gasteiger partial charge < -0.3 is 10.1 Å². The van der Waals surface area contributed by atoms with Gasteiger partial charge in [-0.25, -0.2) is 4.39 Å². The highest BCUT2D eigenvalue weighted by Crippen LogP contribution is 2.34. The van der Waals surface area contributed by atoms with Crippen molar-refractivity contribution in [1.29, 1.82) is 0 Å². The lowest BCUT2D eigenvalue weighted by molar-refractivity contribution is 0.0924. The van der Waals surface area contributed by atoms with Gasteiger partial charge in [0, 0.05) is 26.5 Å². The summed E-state index contributed by atoms with van der Waals surface area (Å²) in [5, 5.41) is 2.95. The van der Waals surface area contributed by atoms with E-state index in [0.29, 0.717) is 17.5 Å². The minimum atomic E-state index is -0.449. The number of benzene rings is 2. The first kappa shape index (κ1) is 15.5. The summed E-state index contributed by atoms with van der Waals surface area (Å²) >= 11 is 6.62. The average molecular weight is 429 g/mol. The molecule has 1 amide bonds. The molecule has 0 fully saturated rings. The van der Waals surface area contributed by atoms with Crippen LogP contribution in [-0.4, -0.2) is 12.5 Å². The lowest BCUT2D eigenvalue weighted by atomic mass is 10.00. The van der Waals surface area contributed by atoms with Crippen LogP contribution < -0.4 is 10.1 Å². The third-order valence-corrected chi connectivity index (χ3v) is 4.39. The minimum Gasteiger partial charge on any atom is -0.493 e. The zero-order valence-electron chi connectivity index (χ0n) is 11.4. The molecule has 2 aromatic rings. The molecule has 1 aliphatic heterocycles. The molecule has 114 valence electrons. The van der Waals surface area contributed by atoms with Crippen LogP contribution in [0.3, 0.4) is 0 Å². The molecule has 0 saturated carbocycles. The van der Waals surface area contributed by atoms with Gasteiger partial charge in [0.25, 0.3) is 5.91 Å². The molecule has 6 heteroatoms. The number of hydrogen-bond donors (Lipinski definition) is 1. The number of carbonyl (C=O) groups is 1. The van der Waals surface area contributed by atoms with Crippen molar-refractivity contribution in [2.24, 2.45) is 0 Å². The molecule has 1 atom stereocenters. The largest absolute Gasteiger partial charge is 0.493 e. The molecule has 0 aliphatic carbocycles. The van der Waals surface area contributed by atoms with Gasteiger partial charge >= 0.3 is 0 Å². The normalized spacial score (nSPS) is 16.6. The Balaban J connectivity index is 1.85. The lowest BCUT2D eigenvalue weighted by Gasteiger charge is -2.27. The maximum Gasteiger partial charge on any atom is 0.251 e. The molecule has 0 radical (unpaired) electrons. The van der Waals surface area contributed by atoms with E-state index >= 15 is 0 Å². The van der Waals surface area contributed by atoms with E-state index in [1.54, 1.807) is 6.07 Å². The van der Waals surface area contributed by atoms with Crippen molar-refractivity contribution in [1.82, 2.24) is 5.32 Å². The number of carbonyl (C=O) groups excluding carboxylic acids is 1. The summed E-state index contributed by atoms with van der Waals surface area (Å²) in [7, 11) is 0. The smallest absolute Gasteiger partial charge is 0.251 e. The summed E-state index contributed by atoms with van der Waals surface area (Å²) in [5.41, 5.74) is 1.21.